The van der Waals surface area contributed by atoms with Gasteiger partial charge in [0.25, 0.3) is 5.91 Å². The highest BCUT2D eigenvalue weighted by Crippen LogP contribution is 2.19. The third kappa shape index (κ3) is 2.49. The monoisotopic (exact) mass is 206 g/mol. The van der Waals surface area contributed by atoms with Crippen LogP contribution in [-0.2, 0) is 0 Å². The van der Waals surface area contributed by atoms with Crippen molar-refractivity contribution in [2.75, 3.05) is 25.0 Å². The Kier molecular flexibility index (Phi) is 4.16. The van der Waals surface area contributed by atoms with Crippen molar-refractivity contribution in [1.29, 1.82) is 0 Å². The molecule has 1 rings (SSSR count). The summed E-state index contributed by atoms with van der Waals surface area (Å²) in [5, 5.41) is 2.66. The predicted molar refractivity (Wildman–Crippen MR) is 63.4 cm³/mol. The minimum atomic E-state index is -0.0301. The van der Waals surface area contributed by atoms with E-state index in [9.17, 15) is 4.79 Å². The summed E-state index contributed by atoms with van der Waals surface area (Å²) in [4.78, 5) is 13.8. The Balaban J connectivity index is 3.10. The third-order valence-corrected chi connectivity index (χ3v) is 2.48. The molecule has 1 aromatic carbocycles. The molecule has 0 fully saturated rings. The van der Waals surface area contributed by atoms with Crippen molar-refractivity contribution in [3.63, 3.8) is 0 Å². The van der Waals surface area contributed by atoms with Gasteiger partial charge in [0.05, 0.1) is 5.56 Å². The number of rotatable bonds is 4. The lowest BCUT2D eigenvalue weighted by atomic mass is 10.1. The number of hydrogen-bond acceptors (Lipinski definition) is 2. The molecule has 0 bridgehead atoms. The van der Waals surface area contributed by atoms with Gasteiger partial charge in [-0.05, 0) is 26.0 Å². The topological polar surface area (TPSA) is 32.3 Å². The number of nitrogens with zero attached hydrogens (tertiary/aromatic N) is 1. The number of para-hydroxylation sites is 1. The van der Waals surface area contributed by atoms with Gasteiger partial charge in [0.15, 0.2) is 0 Å². The summed E-state index contributed by atoms with van der Waals surface area (Å²) in [7, 11) is 1.65. The number of nitrogens with one attached hydrogen (secondary N) is 1. The number of hydrogen-bond donors (Lipinski definition) is 1. The van der Waals surface area contributed by atoms with Crippen molar-refractivity contribution in [2.45, 2.75) is 13.8 Å². The molecule has 0 heterocycles. The highest BCUT2D eigenvalue weighted by atomic mass is 16.1. The van der Waals surface area contributed by atoms with Crippen LogP contribution < -0.4 is 10.2 Å². The van der Waals surface area contributed by atoms with Gasteiger partial charge in [-0.15, -0.1) is 0 Å². The first-order valence-electron chi connectivity index (χ1n) is 5.30. The fourth-order valence-corrected chi connectivity index (χ4v) is 1.64. The fraction of sp³-hybridized carbons (Fsp3) is 0.417. The highest BCUT2D eigenvalue weighted by Gasteiger charge is 2.12. The van der Waals surface area contributed by atoms with Crippen molar-refractivity contribution >= 4 is 11.6 Å². The molecule has 1 amide bonds. The maximum Gasteiger partial charge on any atom is 0.253 e. The Labute approximate surface area is 91.1 Å². The molecule has 0 saturated carbocycles. The fourth-order valence-electron chi connectivity index (χ4n) is 1.64. The maximum absolute atomic E-state index is 11.6. The van der Waals surface area contributed by atoms with Crippen molar-refractivity contribution in [3.05, 3.63) is 29.8 Å². The molecule has 0 aliphatic rings. The molecule has 1 N–H and O–H groups in total. The van der Waals surface area contributed by atoms with E-state index in [0.717, 1.165) is 24.3 Å². The van der Waals surface area contributed by atoms with Gasteiger partial charge in [-0.1, -0.05) is 12.1 Å². The van der Waals surface area contributed by atoms with Crippen LogP contribution in [0.4, 0.5) is 5.69 Å². The first kappa shape index (κ1) is 11.6. The first-order chi connectivity index (χ1) is 7.24. The normalized spacial score (nSPS) is 9.80. The van der Waals surface area contributed by atoms with Gasteiger partial charge in [0, 0.05) is 25.8 Å². The summed E-state index contributed by atoms with van der Waals surface area (Å²) in [6.45, 7) is 5.99. The molecule has 1 aromatic rings. The summed E-state index contributed by atoms with van der Waals surface area (Å²) in [5.74, 6) is -0.0301. The smallest absolute Gasteiger partial charge is 0.253 e. The standard InChI is InChI=1S/C12H18N2O/c1-4-14(5-2)11-9-7-6-8-10(11)12(15)13-3/h6-9H,4-5H2,1-3H3,(H,13,15). The van der Waals surface area contributed by atoms with Crippen LogP contribution in [-0.4, -0.2) is 26.0 Å². The molecule has 15 heavy (non-hydrogen) atoms. The SMILES string of the molecule is CCN(CC)c1ccccc1C(=O)NC. The van der Waals surface area contributed by atoms with Crippen LogP contribution in [0.5, 0.6) is 0 Å². The second-order valence-corrected chi connectivity index (χ2v) is 3.27. The molecule has 0 aliphatic heterocycles. The van der Waals surface area contributed by atoms with Gasteiger partial charge in [-0.25, -0.2) is 0 Å². The van der Waals surface area contributed by atoms with Crippen molar-refractivity contribution in [1.82, 2.24) is 5.32 Å². The molecule has 0 radical (unpaired) electrons. The van der Waals surface area contributed by atoms with E-state index in [4.69, 9.17) is 0 Å². The molecule has 0 aromatic heterocycles. The molecule has 82 valence electrons. The summed E-state index contributed by atoms with van der Waals surface area (Å²) in [6, 6.07) is 7.68. The van der Waals surface area contributed by atoms with Gasteiger partial charge in [0.1, 0.15) is 0 Å². The third-order valence-electron chi connectivity index (χ3n) is 2.48. The summed E-state index contributed by atoms with van der Waals surface area (Å²) in [5.41, 5.74) is 1.74. The lowest BCUT2D eigenvalue weighted by Gasteiger charge is -2.23. The van der Waals surface area contributed by atoms with E-state index in [1.807, 2.05) is 24.3 Å². The quantitative estimate of drug-likeness (QED) is 0.816. The second-order valence-electron chi connectivity index (χ2n) is 3.27. The molecular weight excluding hydrogens is 188 g/mol. The van der Waals surface area contributed by atoms with Crippen molar-refractivity contribution in [2.24, 2.45) is 0 Å². The Hall–Kier alpha value is -1.51. The Bertz CT molecular complexity index is 332. The highest BCUT2D eigenvalue weighted by molar-refractivity contribution is 5.99. The van der Waals surface area contributed by atoms with E-state index < -0.39 is 0 Å². The molecule has 3 heteroatoms. The Morgan fingerprint density at radius 3 is 2.40 bits per heavy atom. The molecule has 0 atom stereocenters. The van der Waals surface area contributed by atoms with E-state index >= 15 is 0 Å². The zero-order chi connectivity index (χ0) is 11.3. The number of benzene rings is 1. The number of carbonyl (C=O) groups excluding carboxylic acids is 1. The van der Waals surface area contributed by atoms with E-state index in [1.165, 1.54) is 0 Å². The van der Waals surface area contributed by atoms with Crippen molar-refractivity contribution < 1.29 is 4.79 Å². The summed E-state index contributed by atoms with van der Waals surface area (Å²) < 4.78 is 0. The van der Waals surface area contributed by atoms with Gasteiger partial charge in [-0.3, -0.25) is 4.79 Å². The zero-order valence-electron chi connectivity index (χ0n) is 9.58. The molecule has 3 nitrogen and oxygen atoms in total. The molecule has 0 aliphatic carbocycles. The number of anilines is 1. The molecule has 0 unspecified atom stereocenters. The van der Waals surface area contributed by atoms with Crippen LogP contribution in [0, 0.1) is 0 Å². The van der Waals surface area contributed by atoms with Crippen LogP contribution in [0.25, 0.3) is 0 Å². The molecular formula is C12H18N2O. The zero-order valence-corrected chi connectivity index (χ0v) is 9.58. The lowest BCUT2D eigenvalue weighted by molar-refractivity contribution is 0.0963. The van der Waals surface area contributed by atoms with E-state index in [1.54, 1.807) is 7.05 Å². The van der Waals surface area contributed by atoms with Gasteiger partial charge in [0.2, 0.25) is 0 Å². The van der Waals surface area contributed by atoms with Crippen LogP contribution in [0.15, 0.2) is 24.3 Å². The van der Waals surface area contributed by atoms with E-state index in [0.29, 0.717) is 0 Å². The maximum atomic E-state index is 11.6. The largest absolute Gasteiger partial charge is 0.371 e. The van der Waals surface area contributed by atoms with Crippen LogP contribution >= 0.6 is 0 Å². The lowest BCUT2D eigenvalue weighted by Crippen LogP contribution is -2.27. The van der Waals surface area contributed by atoms with Crippen molar-refractivity contribution in [3.8, 4) is 0 Å². The van der Waals surface area contributed by atoms with E-state index in [2.05, 4.69) is 24.1 Å². The first-order valence-corrected chi connectivity index (χ1v) is 5.30. The van der Waals surface area contributed by atoms with Crippen LogP contribution in [0.2, 0.25) is 0 Å². The Morgan fingerprint density at radius 2 is 1.87 bits per heavy atom. The number of amides is 1. The second kappa shape index (κ2) is 5.39. The Morgan fingerprint density at radius 1 is 1.27 bits per heavy atom. The average molecular weight is 206 g/mol. The van der Waals surface area contributed by atoms with Crippen LogP contribution in [0.1, 0.15) is 24.2 Å². The number of carbonyl (C=O) groups is 1. The van der Waals surface area contributed by atoms with Gasteiger partial charge >= 0.3 is 0 Å². The predicted octanol–water partition coefficient (Wildman–Crippen LogP) is 1.89. The van der Waals surface area contributed by atoms with E-state index in [-0.39, 0.29) is 5.91 Å². The molecule has 0 spiro atoms. The summed E-state index contributed by atoms with van der Waals surface area (Å²) in [6.07, 6.45) is 0. The van der Waals surface area contributed by atoms with Gasteiger partial charge in [-0.2, -0.15) is 0 Å². The van der Waals surface area contributed by atoms with Gasteiger partial charge < -0.3 is 10.2 Å². The minimum Gasteiger partial charge on any atom is -0.371 e. The summed E-state index contributed by atoms with van der Waals surface area (Å²) >= 11 is 0. The van der Waals surface area contributed by atoms with Crippen LogP contribution in [0.3, 0.4) is 0 Å². The average Bonchev–Trinajstić information content (AvgIpc) is 2.30. The minimum absolute atomic E-state index is 0.0301. The molecule has 0 saturated heterocycles.